The molecule has 7 nitrogen and oxygen atoms in total. The Bertz CT molecular complexity index is 522. The lowest BCUT2D eigenvalue weighted by Crippen LogP contribution is -2.59. The van der Waals surface area contributed by atoms with Crippen molar-refractivity contribution in [3.63, 3.8) is 0 Å². The van der Waals surface area contributed by atoms with E-state index in [2.05, 4.69) is 0 Å². The Kier molecular flexibility index (Phi) is 5.30. The molecule has 0 saturated carbocycles. The first-order valence-electron chi connectivity index (χ1n) is 6.57. The smallest absolute Gasteiger partial charge is 0.229 e. The summed E-state index contributed by atoms with van der Waals surface area (Å²) in [5.74, 6) is 0.344. The van der Waals surface area contributed by atoms with E-state index in [4.69, 9.17) is 14.2 Å². The molecule has 5 atom stereocenters. The van der Waals surface area contributed by atoms with Crippen LogP contribution in [0, 0.1) is 0 Å². The highest BCUT2D eigenvalue weighted by atomic mass is 19.1. The molecule has 1 saturated heterocycles. The van der Waals surface area contributed by atoms with Crippen molar-refractivity contribution in [2.75, 3.05) is 13.8 Å². The molecule has 0 aliphatic carbocycles. The Morgan fingerprint density at radius 2 is 1.95 bits per heavy atom. The number of carbonyl (C=O) groups is 1. The molecule has 0 aromatic heterocycles. The minimum Gasteiger partial charge on any atom is -0.493 e. The number of carbonyl (C=O) groups excluding carboxylic acids is 1. The van der Waals surface area contributed by atoms with E-state index in [0.717, 1.165) is 0 Å². The fourth-order valence-electron chi connectivity index (χ4n) is 2.12. The number of rotatable bonds is 5. The highest BCUT2D eigenvalue weighted by Gasteiger charge is 2.45. The van der Waals surface area contributed by atoms with Gasteiger partial charge in [-0.3, -0.25) is 4.79 Å². The van der Waals surface area contributed by atoms with Crippen LogP contribution >= 0.6 is 0 Å². The Balaban J connectivity index is 2.20. The molecule has 0 bridgehead atoms. The van der Waals surface area contributed by atoms with Gasteiger partial charge in [0.1, 0.15) is 37.4 Å². The molecule has 1 aliphatic heterocycles. The summed E-state index contributed by atoms with van der Waals surface area (Å²) >= 11 is 0. The molecule has 1 aromatic rings. The molecule has 2 rings (SSSR count). The van der Waals surface area contributed by atoms with E-state index in [-0.39, 0.29) is 11.5 Å². The molecule has 0 spiro atoms. The summed E-state index contributed by atoms with van der Waals surface area (Å²) in [4.78, 5) is 10.7. The number of aliphatic hydroxyl groups excluding tert-OH is 3. The number of hydrogen-bond donors (Lipinski definition) is 3. The maximum Gasteiger partial charge on any atom is 0.229 e. The maximum atomic E-state index is 12.8. The number of aldehydes is 1. The molecular weight excluding hydrogens is 299 g/mol. The van der Waals surface area contributed by atoms with Crippen LogP contribution in [0.2, 0.25) is 0 Å². The van der Waals surface area contributed by atoms with Crippen LogP contribution < -0.4 is 9.47 Å². The molecule has 1 aliphatic rings. The molecule has 0 unspecified atom stereocenters. The van der Waals surface area contributed by atoms with Gasteiger partial charge in [-0.05, 0) is 18.2 Å². The molecule has 0 radical (unpaired) electrons. The summed E-state index contributed by atoms with van der Waals surface area (Å²) in [6, 6.07) is 4.29. The highest BCUT2D eigenvalue weighted by Crippen LogP contribution is 2.31. The lowest BCUT2D eigenvalue weighted by Gasteiger charge is -2.39. The highest BCUT2D eigenvalue weighted by molar-refractivity contribution is 5.76. The van der Waals surface area contributed by atoms with Gasteiger partial charge >= 0.3 is 0 Å². The average molecular weight is 316 g/mol. The Hall–Kier alpha value is -1.74. The molecule has 1 fully saturated rings. The zero-order valence-electron chi connectivity index (χ0n) is 11.8. The van der Waals surface area contributed by atoms with Crippen molar-refractivity contribution < 1.29 is 38.7 Å². The molecular formula is C14H17FO7. The summed E-state index contributed by atoms with van der Waals surface area (Å²) < 4.78 is 28.3. The van der Waals surface area contributed by atoms with E-state index in [1.54, 1.807) is 0 Å². The largest absolute Gasteiger partial charge is 0.493 e. The third-order valence-corrected chi connectivity index (χ3v) is 3.39. The summed E-state index contributed by atoms with van der Waals surface area (Å²) in [6.07, 6.45) is -6.83. The Labute approximate surface area is 125 Å². The summed E-state index contributed by atoms with van der Waals surface area (Å²) in [5.41, 5.74) is 0.353. The molecule has 22 heavy (non-hydrogen) atoms. The van der Waals surface area contributed by atoms with Gasteiger partial charge in [0.05, 0.1) is 7.11 Å². The van der Waals surface area contributed by atoms with Gasteiger partial charge in [-0.2, -0.15) is 0 Å². The van der Waals surface area contributed by atoms with Gasteiger partial charge in [0.2, 0.25) is 6.29 Å². The predicted octanol–water partition coefficient (Wildman–Crippen LogP) is -0.336. The summed E-state index contributed by atoms with van der Waals surface area (Å²) in [6.45, 7) is -1.05. The maximum absolute atomic E-state index is 12.8. The van der Waals surface area contributed by atoms with Crippen molar-refractivity contribution in [2.45, 2.75) is 30.7 Å². The number of benzene rings is 1. The van der Waals surface area contributed by atoms with Gasteiger partial charge in [0.15, 0.2) is 11.5 Å². The summed E-state index contributed by atoms with van der Waals surface area (Å²) in [5, 5.41) is 29.1. The lowest BCUT2D eigenvalue weighted by molar-refractivity contribution is -0.274. The fourth-order valence-corrected chi connectivity index (χ4v) is 2.12. The monoisotopic (exact) mass is 316 g/mol. The first kappa shape index (κ1) is 16.6. The van der Waals surface area contributed by atoms with Crippen LogP contribution in [-0.4, -0.2) is 66.1 Å². The van der Waals surface area contributed by atoms with Gasteiger partial charge in [-0.25, -0.2) is 4.39 Å². The van der Waals surface area contributed by atoms with E-state index in [1.807, 2.05) is 0 Å². The number of hydrogen-bond acceptors (Lipinski definition) is 7. The average Bonchev–Trinajstić information content (AvgIpc) is 2.55. The van der Waals surface area contributed by atoms with Crippen molar-refractivity contribution in [3.05, 3.63) is 23.8 Å². The number of alkyl halides is 1. The van der Waals surface area contributed by atoms with Crippen molar-refractivity contribution >= 4 is 6.29 Å². The van der Waals surface area contributed by atoms with Gasteiger partial charge < -0.3 is 29.5 Å². The van der Waals surface area contributed by atoms with E-state index < -0.39 is 37.4 Å². The molecule has 1 heterocycles. The molecule has 1 aromatic carbocycles. The SMILES string of the molecule is COc1cc(C=O)ccc1O[C@@H]1O[C@H](CF)[C@@H](O)[C@H](O)[C@H]1O. The second-order valence-electron chi connectivity index (χ2n) is 4.82. The van der Waals surface area contributed by atoms with Crippen molar-refractivity contribution in [3.8, 4) is 11.5 Å². The van der Waals surface area contributed by atoms with Gasteiger partial charge in [0, 0.05) is 5.56 Å². The van der Waals surface area contributed by atoms with E-state index >= 15 is 0 Å². The van der Waals surface area contributed by atoms with Crippen molar-refractivity contribution in [2.24, 2.45) is 0 Å². The van der Waals surface area contributed by atoms with Gasteiger partial charge in [-0.1, -0.05) is 0 Å². The molecule has 8 heteroatoms. The van der Waals surface area contributed by atoms with Crippen LogP contribution in [0.5, 0.6) is 11.5 Å². The Morgan fingerprint density at radius 3 is 2.55 bits per heavy atom. The molecule has 3 N–H and O–H groups in total. The second-order valence-corrected chi connectivity index (χ2v) is 4.82. The minimum absolute atomic E-state index is 0.137. The van der Waals surface area contributed by atoms with Gasteiger partial charge in [-0.15, -0.1) is 0 Å². The quantitative estimate of drug-likeness (QED) is 0.638. The number of ether oxygens (including phenoxy) is 3. The Morgan fingerprint density at radius 1 is 1.23 bits per heavy atom. The van der Waals surface area contributed by atoms with Crippen LogP contribution in [0.3, 0.4) is 0 Å². The molecule has 122 valence electrons. The first-order chi connectivity index (χ1) is 10.5. The minimum atomic E-state index is -1.61. The topological polar surface area (TPSA) is 105 Å². The van der Waals surface area contributed by atoms with Crippen molar-refractivity contribution in [1.82, 2.24) is 0 Å². The normalized spacial score (nSPS) is 31.6. The van der Waals surface area contributed by atoms with Crippen LogP contribution in [0.4, 0.5) is 4.39 Å². The lowest BCUT2D eigenvalue weighted by atomic mass is 9.99. The standard InChI is InChI=1S/C14H17FO7/c1-20-9-4-7(6-16)2-3-8(9)21-14-13(19)12(18)11(17)10(5-15)22-14/h2-4,6,10-14,17-19H,5H2,1H3/t10-,11-,12+,13-,14-/m1/s1. The zero-order chi connectivity index (χ0) is 16.3. The third kappa shape index (κ3) is 3.20. The number of aliphatic hydroxyl groups is 3. The fraction of sp³-hybridized carbons (Fsp3) is 0.500. The van der Waals surface area contributed by atoms with Gasteiger partial charge in [0.25, 0.3) is 0 Å². The zero-order valence-corrected chi connectivity index (χ0v) is 11.8. The summed E-state index contributed by atoms with van der Waals surface area (Å²) in [7, 11) is 1.36. The van der Waals surface area contributed by atoms with Crippen molar-refractivity contribution in [1.29, 1.82) is 0 Å². The second kappa shape index (κ2) is 7.01. The number of methoxy groups -OCH3 is 1. The van der Waals surface area contributed by atoms with Crippen LogP contribution in [0.1, 0.15) is 10.4 Å². The van der Waals surface area contributed by atoms with E-state index in [1.165, 1.54) is 25.3 Å². The number of halogens is 1. The van der Waals surface area contributed by atoms with Crippen LogP contribution in [-0.2, 0) is 4.74 Å². The predicted molar refractivity (Wildman–Crippen MR) is 71.7 cm³/mol. The molecule has 0 amide bonds. The first-order valence-corrected chi connectivity index (χ1v) is 6.57. The van der Waals surface area contributed by atoms with E-state index in [9.17, 15) is 24.5 Å². The van der Waals surface area contributed by atoms with E-state index in [0.29, 0.717) is 11.8 Å². The third-order valence-electron chi connectivity index (χ3n) is 3.39. The van der Waals surface area contributed by atoms with Crippen LogP contribution in [0.15, 0.2) is 18.2 Å². The van der Waals surface area contributed by atoms with Crippen LogP contribution in [0.25, 0.3) is 0 Å².